The van der Waals surface area contributed by atoms with E-state index in [4.69, 9.17) is 5.11 Å². The van der Waals surface area contributed by atoms with E-state index in [1.807, 2.05) is 5.38 Å². The number of rotatable bonds is 3. The predicted molar refractivity (Wildman–Crippen MR) is 54.2 cm³/mol. The van der Waals surface area contributed by atoms with E-state index in [2.05, 4.69) is 31.4 Å². The van der Waals surface area contributed by atoms with Crippen LogP contribution in [0.1, 0.15) is 19.4 Å². The average Bonchev–Trinajstić information content (AvgIpc) is 2.51. The molecule has 0 fully saturated rings. The first-order valence-electron chi connectivity index (χ1n) is 4.07. The lowest BCUT2D eigenvalue weighted by atomic mass is 10.0. The van der Waals surface area contributed by atoms with Gasteiger partial charge in [-0.1, -0.05) is 19.9 Å². The maximum atomic E-state index is 9.03. The van der Waals surface area contributed by atoms with E-state index in [9.17, 15) is 0 Å². The minimum absolute atomic E-state index is 0.160. The molecule has 0 aliphatic heterocycles. The Labute approximate surface area is 77.4 Å². The van der Waals surface area contributed by atoms with Gasteiger partial charge in [0.1, 0.15) is 0 Å². The number of hydrogen-bond acceptors (Lipinski definition) is 2. The second-order valence-electron chi connectivity index (χ2n) is 3.09. The van der Waals surface area contributed by atoms with Gasteiger partial charge in [0.05, 0.1) is 6.61 Å². The fourth-order valence-electron chi connectivity index (χ4n) is 0.966. The lowest BCUT2D eigenvalue weighted by Gasteiger charge is -2.06. The van der Waals surface area contributed by atoms with Crippen molar-refractivity contribution in [2.45, 2.75) is 13.8 Å². The molecular weight excluding hydrogens is 168 g/mol. The van der Waals surface area contributed by atoms with Crippen molar-refractivity contribution >= 4 is 17.4 Å². The number of aliphatic hydroxyl groups excluding tert-OH is 1. The minimum Gasteiger partial charge on any atom is -0.392 e. The fraction of sp³-hybridized carbons (Fsp3) is 0.400. The summed E-state index contributed by atoms with van der Waals surface area (Å²) in [5.41, 5.74) is 2.28. The van der Waals surface area contributed by atoms with Crippen molar-refractivity contribution in [3.05, 3.63) is 28.0 Å². The summed E-state index contributed by atoms with van der Waals surface area (Å²) in [4.78, 5) is 0. The van der Waals surface area contributed by atoms with E-state index in [0.717, 1.165) is 5.57 Å². The molecule has 0 saturated heterocycles. The van der Waals surface area contributed by atoms with E-state index < -0.39 is 0 Å². The second-order valence-corrected chi connectivity index (χ2v) is 3.87. The Morgan fingerprint density at radius 1 is 1.67 bits per heavy atom. The van der Waals surface area contributed by atoms with Crippen molar-refractivity contribution in [3.8, 4) is 0 Å². The van der Waals surface area contributed by atoms with Crippen LogP contribution in [-0.4, -0.2) is 11.7 Å². The molecule has 1 rings (SSSR count). The Bertz CT molecular complexity index is 247. The lowest BCUT2D eigenvalue weighted by Crippen LogP contribution is -1.98. The zero-order valence-corrected chi connectivity index (χ0v) is 8.27. The SMILES string of the molecule is CC(C)C(=Cc1ccsc1)CO. The minimum atomic E-state index is 0.160. The summed E-state index contributed by atoms with van der Waals surface area (Å²) in [6, 6.07) is 2.06. The zero-order valence-electron chi connectivity index (χ0n) is 7.45. The molecule has 0 saturated carbocycles. The van der Waals surface area contributed by atoms with Crippen LogP contribution in [0.25, 0.3) is 6.08 Å². The summed E-state index contributed by atoms with van der Waals surface area (Å²) >= 11 is 1.68. The molecule has 2 heteroatoms. The van der Waals surface area contributed by atoms with Gasteiger partial charge >= 0.3 is 0 Å². The van der Waals surface area contributed by atoms with Crippen molar-refractivity contribution < 1.29 is 5.11 Å². The molecule has 0 aliphatic rings. The van der Waals surface area contributed by atoms with Gasteiger partial charge in [0, 0.05) is 0 Å². The molecule has 1 aromatic rings. The Hall–Kier alpha value is -0.600. The molecule has 0 amide bonds. The summed E-state index contributed by atoms with van der Waals surface area (Å²) in [6.45, 7) is 4.34. The van der Waals surface area contributed by atoms with Gasteiger partial charge in [0.2, 0.25) is 0 Å². The van der Waals surface area contributed by atoms with Gasteiger partial charge in [-0.15, -0.1) is 0 Å². The molecule has 66 valence electrons. The van der Waals surface area contributed by atoms with Crippen LogP contribution >= 0.6 is 11.3 Å². The number of hydrogen-bond donors (Lipinski definition) is 1. The Balaban J connectivity index is 2.78. The number of thiophene rings is 1. The van der Waals surface area contributed by atoms with Crippen molar-refractivity contribution in [2.75, 3.05) is 6.61 Å². The molecule has 0 bridgehead atoms. The molecule has 0 radical (unpaired) electrons. The molecule has 0 aromatic carbocycles. The van der Waals surface area contributed by atoms with E-state index in [-0.39, 0.29) is 6.61 Å². The largest absolute Gasteiger partial charge is 0.392 e. The van der Waals surface area contributed by atoms with Gasteiger partial charge in [-0.3, -0.25) is 0 Å². The van der Waals surface area contributed by atoms with Crippen molar-refractivity contribution in [2.24, 2.45) is 5.92 Å². The highest BCUT2D eigenvalue weighted by Gasteiger charge is 2.01. The summed E-state index contributed by atoms with van der Waals surface area (Å²) < 4.78 is 0. The van der Waals surface area contributed by atoms with Crippen LogP contribution in [0, 0.1) is 5.92 Å². The molecule has 1 N–H and O–H groups in total. The number of aliphatic hydroxyl groups is 1. The first kappa shape index (κ1) is 9.49. The Morgan fingerprint density at radius 2 is 2.42 bits per heavy atom. The van der Waals surface area contributed by atoms with Gasteiger partial charge in [-0.05, 0) is 33.9 Å². The van der Waals surface area contributed by atoms with Crippen LogP contribution in [0.3, 0.4) is 0 Å². The standard InChI is InChI=1S/C10H14OS/c1-8(2)10(6-11)5-9-3-4-12-7-9/h3-5,7-8,11H,6H2,1-2H3. The third kappa shape index (κ3) is 2.47. The maximum Gasteiger partial charge on any atom is 0.0647 e. The predicted octanol–water partition coefficient (Wildman–Crippen LogP) is 2.78. The topological polar surface area (TPSA) is 20.2 Å². The normalized spacial score (nSPS) is 12.5. The van der Waals surface area contributed by atoms with Crippen LogP contribution in [0.5, 0.6) is 0 Å². The maximum absolute atomic E-state index is 9.03. The lowest BCUT2D eigenvalue weighted by molar-refractivity contribution is 0.320. The van der Waals surface area contributed by atoms with Crippen LogP contribution in [-0.2, 0) is 0 Å². The monoisotopic (exact) mass is 182 g/mol. The van der Waals surface area contributed by atoms with Crippen LogP contribution < -0.4 is 0 Å². The van der Waals surface area contributed by atoms with Crippen molar-refractivity contribution in [1.82, 2.24) is 0 Å². The van der Waals surface area contributed by atoms with Crippen LogP contribution in [0.2, 0.25) is 0 Å². The highest BCUT2D eigenvalue weighted by atomic mass is 32.1. The van der Waals surface area contributed by atoms with Gasteiger partial charge in [-0.2, -0.15) is 11.3 Å². The van der Waals surface area contributed by atoms with E-state index in [0.29, 0.717) is 5.92 Å². The highest BCUT2D eigenvalue weighted by Crippen LogP contribution is 2.15. The van der Waals surface area contributed by atoms with Gasteiger partial charge < -0.3 is 5.11 Å². The second kappa shape index (κ2) is 4.43. The molecule has 0 atom stereocenters. The van der Waals surface area contributed by atoms with Crippen LogP contribution in [0.4, 0.5) is 0 Å². The Morgan fingerprint density at radius 3 is 2.83 bits per heavy atom. The fourth-order valence-corrected chi connectivity index (χ4v) is 1.58. The highest BCUT2D eigenvalue weighted by molar-refractivity contribution is 7.08. The molecule has 1 aromatic heterocycles. The molecule has 12 heavy (non-hydrogen) atoms. The summed E-state index contributed by atoms with van der Waals surface area (Å²) in [5, 5.41) is 13.2. The molecule has 0 aliphatic carbocycles. The van der Waals surface area contributed by atoms with Gasteiger partial charge in [-0.25, -0.2) is 0 Å². The van der Waals surface area contributed by atoms with Gasteiger partial charge in [0.25, 0.3) is 0 Å². The summed E-state index contributed by atoms with van der Waals surface area (Å²) in [5.74, 6) is 0.426. The molecule has 1 heterocycles. The van der Waals surface area contributed by atoms with Gasteiger partial charge in [0.15, 0.2) is 0 Å². The molecule has 1 nitrogen and oxygen atoms in total. The summed E-state index contributed by atoms with van der Waals surface area (Å²) in [7, 11) is 0. The molecule has 0 unspecified atom stereocenters. The first-order chi connectivity index (χ1) is 5.74. The van der Waals surface area contributed by atoms with Crippen molar-refractivity contribution in [1.29, 1.82) is 0 Å². The smallest absolute Gasteiger partial charge is 0.0647 e. The van der Waals surface area contributed by atoms with Crippen LogP contribution in [0.15, 0.2) is 22.4 Å². The molecule has 0 spiro atoms. The average molecular weight is 182 g/mol. The zero-order chi connectivity index (χ0) is 8.97. The third-order valence-corrected chi connectivity index (χ3v) is 2.52. The van der Waals surface area contributed by atoms with Crippen molar-refractivity contribution in [3.63, 3.8) is 0 Å². The van der Waals surface area contributed by atoms with E-state index in [1.54, 1.807) is 11.3 Å². The quantitative estimate of drug-likeness (QED) is 0.762. The van der Waals surface area contributed by atoms with E-state index >= 15 is 0 Å². The first-order valence-corrected chi connectivity index (χ1v) is 5.02. The van der Waals surface area contributed by atoms with E-state index in [1.165, 1.54) is 5.56 Å². The molecular formula is C10H14OS. The Kier molecular flexibility index (Phi) is 3.50. The summed E-state index contributed by atoms with van der Waals surface area (Å²) in [6.07, 6.45) is 2.06. The third-order valence-electron chi connectivity index (χ3n) is 1.82.